The van der Waals surface area contributed by atoms with Gasteiger partial charge in [-0.1, -0.05) is 45.3 Å². The molecule has 2 N–H and O–H groups in total. The number of likely N-dealkylation sites (N-methyl/N-ethyl adjacent to an activating group) is 1. The summed E-state index contributed by atoms with van der Waals surface area (Å²) in [6.07, 6.45) is 10.7. The minimum atomic E-state index is -0.807. The molecule has 1 heterocycles. The lowest BCUT2D eigenvalue weighted by Gasteiger charge is -2.31. The topological polar surface area (TPSA) is 123 Å². The maximum absolute atomic E-state index is 13.4. The number of nitrogens with one attached hydrogen (secondary N) is 2. The summed E-state index contributed by atoms with van der Waals surface area (Å²) in [4.78, 5) is 50.1. The lowest BCUT2D eigenvalue weighted by molar-refractivity contribution is -0.142. The Morgan fingerprint density at radius 1 is 1.03 bits per heavy atom. The first-order chi connectivity index (χ1) is 18.9. The Bertz CT molecular complexity index is 854. The minimum Gasteiger partial charge on any atom is -0.384 e. The van der Waals surface area contributed by atoms with Crippen LogP contribution >= 0.6 is 0 Å². The van der Waals surface area contributed by atoms with E-state index in [9.17, 15) is 19.2 Å². The molecule has 10 heteroatoms. The zero-order valence-electron chi connectivity index (χ0n) is 23.9. The van der Waals surface area contributed by atoms with Crippen LogP contribution in [0.2, 0.25) is 0 Å². The highest BCUT2D eigenvalue weighted by atomic mass is 16.5. The Hall–Kier alpha value is -2.82. The first kappa shape index (κ1) is 34.2. The Morgan fingerprint density at radius 2 is 1.64 bits per heavy atom. The van der Waals surface area contributed by atoms with Crippen LogP contribution in [0.25, 0.3) is 0 Å². The molecule has 220 valence electrons. The molecule has 1 rings (SSSR count). The molecule has 10 nitrogen and oxygen atoms in total. The van der Waals surface area contributed by atoms with Crippen LogP contribution in [0.1, 0.15) is 65.2 Å². The number of nitrogens with zero attached hydrogens (tertiary/aromatic N) is 1. The fraction of sp³-hybridized carbons (Fsp3) is 0.655. The second-order valence-corrected chi connectivity index (χ2v) is 9.27. The fourth-order valence-electron chi connectivity index (χ4n) is 4.04. The number of amides is 3. The number of unbranched alkanes of at least 4 members (excludes halogenated alkanes) is 4. The molecule has 0 aromatic rings. The van der Waals surface area contributed by atoms with Crippen molar-refractivity contribution in [2.24, 2.45) is 0 Å². The molecule has 0 radical (unpaired) electrons. The Balaban J connectivity index is 2.43. The lowest BCUT2D eigenvalue weighted by atomic mass is 9.99. The van der Waals surface area contributed by atoms with Crippen molar-refractivity contribution < 1.29 is 33.4 Å². The number of ether oxygens (including phenoxy) is 3. The summed E-state index contributed by atoms with van der Waals surface area (Å²) in [6.45, 7) is 11.5. The number of aldehydes is 1. The normalized spacial score (nSPS) is 16.4. The van der Waals surface area contributed by atoms with Crippen LogP contribution in [-0.2, 0) is 33.4 Å². The first-order valence-electron chi connectivity index (χ1n) is 14.0. The summed E-state index contributed by atoms with van der Waals surface area (Å²) in [7, 11) is 1.48. The van der Waals surface area contributed by atoms with Gasteiger partial charge in [-0.2, -0.15) is 0 Å². The molecule has 0 saturated carbocycles. The van der Waals surface area contributed by atoms with Crippen molar-refractivity contribution in [1.29, 1.82) is 0 Å². The van der Waals surface area contributed by atoms with E-state index in [0.29, 0.717) is 58.0 Å². The van der Waals surface area contributed by atoms with Crippen LogP contribution in [0.4, 0.5) is 0 Å². The van der Waals surface area contributed by atoms with E-state index in [1.165, 1.54) is 49.8 Å². The van der Waals surface area contributed by atoms with Gasteiger partial charge in [0.1, 0.15) is 6.04 Å². The monoisotopic (exact) mass is 549 g/mol. The van der Waals surface area contributed by atoms with Crippen LogP contribution in [0.3, 0.4) is 0 Å². The molecule has 0 aromatic heterocycles. The van der Waals surface area contributed by atoms with Crippen LogP contribution in [0.5, 0.6) is 0 Å². The Labute approximate surface area is 233 Å². The quantitative estimate of drug-likeness (QED) is 0.0695. The number of rotatable bonds is 22. The van der Waals surface area contributed by atoms with Gasteiger partial charge in [-0.3, -0.25) is 24.5 Å². The first-order valence-corrected chi connectivity index (χ1v) is 14.0. The Kier molecular flexibility index (Phi) is 18.5. The highest BCUT2D eigenvalue weighted by Gasteiger charge is 2.34. The summed E-state index contributed by atoms with van der Waals surface area (Å²) in [6, 6.07) is -0.807. The number of carbonyl (C=O) groups excluding carboxylic acids is 4. The van der Waals surface area contributed by atoms with E-state index in [0.717, 1.165) is 13.0 Å². The van der Waals surface area contributed by atoms with Gasteiger partial charge in [-0.05, 0) is 32.3 Å². The van der Waals surface area contributed by atoms with Crippen molar-refractivity contribution in [3.8, 4) is 0 Å². The molecule has 1 unspecified atom stereocenters. The van der Waals surface area contributed by atoms with E-state index in [1.807, 2.05) is 0 Å². The number of hydrogen-bond acceptors (Lipinski definition) is 8. The highest BCUT2D eigenvalue weighted by Crippen LogP contribution is 2.20. The second kappa shape index (κ2) is 21.1. The smallest absolute Gasteiger partial charge is 0.257 e. The molecule has 0 aromatic carbocycles. The van der Waals surface area contributed by atoms with Crippen molar-refractivity contribution in [2.75, 3.05) is 53.2 Å². The number of imide groups is 1. The van der Waals surface area contributed by atoms with Crippen LogP contribution in [0.15, 0.2) is 35.6 Å². The molecule has 1 fully saturated rings. The third-order valence-electron chi connectivity index (χ3n) is 6.33. The fourth-order valence-corrected chi connectivity index (χ4v) is 4.04. The molecule has 0 spiro atoms. The van der Waals surface area contributed by atoms with Gasteiger partial charge in [0, 0.05) is 44.5 Å². The van der Waals surface area contributed by atoms with E-state index < -0.39 is 17.9 Å². The van der Waals surface area contributed by atoms with Gasteiger partial charge in [0.25, 0.3) is 5.91 Å². The van der Waals surface area contributed by atoms with Crippen LogP contribution in [-0.4, -0.2) is 88.2 Å². The molecule has 1 aliphatic heterocycles. The van der Waals surface area contributed by atoms with Crippen molar-refractivity contribution in [2.45, 2.75) is 71.3 Å². The SMILES string of the molecule is C=C/C(NCCCOCCOCCOCCCCCCC)=C(C(=O)N(C)C1CCC(=O)NC1=O)\C(C=O)=C/C. The highest BCUT2D eigenvalue weighted by molar-refractivity contribution is 6.08. The minimum absolute atomic E-state index is 0.118. The van der Waals surface area contributed by atoms with E-state index in [1.54, 1.807) is 6.92 Å². The largest absolute Gasteiger partial charge is 0.384 e. The summed E-state index contributed by atoms with van der Waals surface area (Å²) in [5.41, 5.74) is 0.677. The van der Waals surface area contributed by atoms with Crippen molar-refractivity contribution in [3.63, 3.8) is 0 Å². The van der Waals surface area contributed by atoms with Crippen molar-refractivity contribution in [1.82, 2.24) is 15.5 Å². The number of piperidine rings is 1. The van der Waals surface area contributed by atoms with Crippen molar-refractivity contribution in [3.05, 3.63) is 35.6 Å². The molecular weight excluding hydrogens is 502 g/mol. The second-order valence-electron chi connectivity index (χ2n) is 9.27. The van der Waals surface area contributed by atoms with Crippen LogP contribution < -0.4 is 10.6 Å². The molecule has 0 bridgehead atoms. The van der Waals surface area contributed by atoms with Gasteiger partial charge in [0.05, 0.1) is 32.0 Å². The predicted molar refractivity (Wildman–Crippen MR) is 150 cm³/mol. The van der Waals surface area contributed by atoms with Gasteiger partial charge in [-0.15, -0.1) is 0 Å². The maximum atomic E-state index is 13.4. The summed E-state index contributed by atoms with van der Waals surface area (Å²) in [5, 5.41) is 5.41. The average Bonchev–Trinajstić information content (AvgIpc) is 2.93. The van der Waals surface area contributed by atoms with Crippen molar-refractivity contribution >= 4 is 24.0 Å². The third kappa shape index (κ3) is 13.2. The molecule has 1 atom stereocenters. The van der Waals surface area contributed by atoms with Gasteiger partial charge in [-0.25, -0.2) is 0 Å². The molecule has 3 amide bonds. The number of carbonyl (C=O) groups is 4. The van der Waals surface area contributed by atoms with E-state index >= 15 is 0 Å². The van der Waals surface area contributed by atoms with Gasteiger partial charge in [0.15, 0.2) is 6.29 Å². The summed E-state index contributed by atoms with van der Waals surface area (Å²) < 4.78 is 16.7. The maximum Gasteiger partial charge on any atom is 0.257 e. The lowest BCUT2D eigenvalue weighted by Crippen LogP contribution is -2.53. The van der Waals surface area contributed by atoms with Crippen LogP contribution in [0, 0.1) is 0 Å². The molecule has 1 aliphatic rings. The zero-order valence-corrected chi connectivity index (χ0v) is 23.9. The number of hydrogen-bond donors (Lipinski definition) is 2. The average molecular weight is 550 g/mol. The molecule has 39 heavy (non-hydrogen) atoms. The predicted octanol–water partition coefficient (Wildman–Crippen LogP) is 2.84. The Morgan fingerprint density at radius 3 is 2.21 bits per heavy atom. The van der Waals surface area contributed by atoms with E-state index in [4.69, 9.17) is 14.2 Å². The standard InChI is InChI=1S/C29H47N3O7/c1-5-8-9-10-11-16-37-18-20-39-21-19-38-17-12-15-30-24(7-3)27(23(6-2)22-33)29(36)32(4)25-13-14-26(34)31-28(25)35/h6-7,22,25,30H,3,5,8-21H2,1-2,4H3,(H,31,34,35)/b23-6-,27-24-. The third-order valence-corrected chi connectivity index (χ3v) is 6.33. The van der Waals surface area contributed by atoms with Gasteiger partial charge >= 0.3 is 0 Å². The molecule has 0 aliphatic carbocycles. The van der Waals surface area contributed by atoms with E-state index in [-0.39, 0.29) is 29.9 Å². The summed E-state index contributed by atoms with van der Waals surface area (Å²) >= 11 is 0. The van der Waals surface area contributed by atoms with Gasteiger partial charge < -0.3 is 24.4 Å². The molecule has 1 saturated heterocycles. The summed E-state index contributed by atoms with van der Waals surface area (Å²) in [5.74, 6) is -1.41. The number of allylic oxidation sites excluding steroid dienone is 2. The van der Waals surface area contributed by atoms with Gasteiger partial charge in [0.2, 0.25) is 11.8 Å². The molecular formula is C29H47N3O7. The van der Waals surface area contributed by atoms with E-state index in [2.05, 4.69) is 24.1 Å². The zero-order chi connectivity index (χ0) is 28.9.